The van der Waals surface area contributed by atoms with Crippen LogP contribution in [0.5, 0.6) is 11.5 Å². The molecule has 0 saturated heterocycles. The number of hydrogen-bond acceptors (Lipinski definition) is 17. The predicted molar refractivity (Wildman–Crippen MR) is 169 cm³/mol. The largest absolute Gasteiger partial charge is 1.00 e. The van der Waals surface area contributed by atoms with Crippen LogP contribution < -0.4 is 104 Å². The summed E-state index contributed by atoms with van der Waals surface area (Å²) in [6.45, 7) is 1.64. The van der Waals surface area contributed by atoms with Gasteiger partial charge in [-0.1, -0.05) is 12.1 Å². The Hall–Kier alpha value is -1.73. The molecule has 0 heterocycles. The molecule has 16 nitrogen and oxygen atoms in total. The Morgan fingerprint density at radius 1 is 0.784 bits per heavy atom. The van der Waals surface area contributed by atoms with Gasteiger partial charge in [-0.25, -0.2) is 16.8 Å². The number of nitrogens with zero attached hydrogens (tertiary/aromatic N) is 4. The molecule has 5 rings (SSSR count). The summed E-state index contributed by atoms with van der Waals surface area (Å²) in [6, 6.07) is 15.1. The number of azo groups is 2. The van der Waals surface area contributed by atoms with Gasteiger partial charge in [0.15, 0.2) is 5.75 Å². The van der Waals surface area contributed by atoms with Gasteiger partial charge in [-0.2, -0.15) is 14.6 Å². The summed E-state index contributed by atoms with van der Waals surface area (Å²) in [5.41, 5.74) is 1.36. The molecule has 0 fully saturated rings. The van der Waals surface area contributed by atoms with Crippen LogP contribution in [0.2, 0.25) is 0 Å². The summed E-state index contributed by atoms with van der Waals surface area (Å²) < 4.78 is 81.5. The van der Waals surface area contributed by atoms with Crippen LogP contribution in [0.3, 0.4) is 0 Å². The first-order valence-electron chi connectivity index (χ1n) is 13.4. The van der Waals surface area contributed by atoms with Crippen LogP contribution in [0.1, 0.15) is 5.56 Å². The first kappa shape index (κ1) is 45.4. The minimum Gasteiger partial charge on any atom is -0.744 e. The van der Waals surface area contributed by atoms with Gasteiger partial charge in [0.05, 0.1) is 45.2 Å². The Kier molecular flexibility index (Phi) is 17.0. The van der Waals surface area contributed by atoms with Crippen LogP contribution in [0.15, 0.2) is 102 Å². The van der Waals surface area contributed by atoms with Crippen molar-refractivity contribution >= 4 is 82.3 Å². The van der Waals surface area contributed by atoms with Crippen molar-refractivity contribution < 1.29 is 139 Å². The van der Waals surface area contributed by atoms with Crippen molar-refractivity contribution in [3.05, 3.63) is 72.3 Å². The van der Waals surface area contributed by atoms with Gasteiger partial charge in [0, 0.05) is 35.0 Å². The number of phenols is 1. The van der Waals surface area contributed by atoms with E-state index >= 15 is 0 Å². The van der Waals surface area contributed by atoms with Crippen LogP contribution in [0, 0.1) is 6.92 Å². The molecule has 2 N–H and O–H groups in total. The number of fused-ring (bicyclic) bond motifs is 2. The molecule has 51 heavy (non-hydrogen) atoms. The summed E-state index contributed by atoms with van der Waals surface area (Å²) in [7, 11) is -7.09. The molecule has 0 spiro atoms. The summed E-state index contributed by atoms with van der Waals surface area (Å²) >= 11 is 0.514. The standard InChI is InChI=1S/C29H25N5O11S3.3Na/c1-15-9-23(33-34-28-25(46-45-44-36)11-16-10-17(30-2)7-8-19(16)29(28)35)24(43-3)14-22(15)32-31-18-12-21-20(27(13-18)48(40,41)42)5-4-6-26(21)47(37,38)39;;;/h4-14,30,35-36H,1-3H3,(H,37,38,39)(H,40,41,42);;;/q;3*+1/p-3. The number of hydrogen-bond donors (Lipinski definition) is 2. The van der Waals surface area contributed by atoms with E-state index in [1.165, 1.54) is 25.3 Å². The molecular weight excluding hydrogens is 760 g/mol. The van der Waals surface area contributed by atoms with Crippen LogP contribution >= 0.6 is 12.0 Å². The van der Waals surface area contributed by atoms with Crippen molar-refractivity contribution in [3.63, 3.8) is 0 Å². The maximum absolute atomic E-state index is 12.0. The number of nitrogens with one attached hydrogen (secondary N) is 1. The Bertz CT molecular complexity index is 2370. The van der Waals surface area contributed by atoms with Crippen molar-refractivity contribution in [3.8, 4) is 11.5 Å². The van der Waals surface area contributed by atoms with E-state index in [9.17, 15) is 36.3 Å². The first-order chi connectivity index (χ1) is 22.7. The van der Waals surface area contributed by atoms with Gasteiger partial charge in [0.25, 0.3) is 0 Å². The number of phenolic OH excluding ortho intramolecular Hbond substituents is 1. The zero-order valence-corrected chi connectivity index (χ0v) is 36.3. The van der Waals surface area contributed by atoms with E-state index in [1.807, 2.05) is 0 Å². The van der Waals surface area contributed by atoms with Crippen LogP contribution in [0.25, 0.3) is 21.5 Å². The third-order valence-corrected chi connectivity index (χ3v) is 9.35. The van der Waals surface area contributed by atoms with E-state index in [0.717, 1.165) is 30.0 Å². The smallest absolute Gasteiger partial charge is 0.744 e. The molecule has 0 aliphatic carbocycles. The molecule has 0 aliphatic rings. The molecule has 5 aromatic carbocycles. The normalized spacial score (nSPS) is 11.7. The fraction of sp³-hybridized carbons (Fsp3) is 0.103. The van der Waals surface area contributed by atoms with Gasteiger partial charge in [0.2, 0.25) is 0 Å². The number of benzene rings is 5. The Labute approximate surface area is 362 Å². The van der Waals surface area contributed by atoms with Gasteiger partial charge >= 0.3 is 88.7 Å². The second-order valence-electron chi connectivity index (χ2n) is 9.89. The van der Waals surface area contributed by atoms with Gasteiger partial charge < -0.3 is 29.5 Å². The molecular formula is C29H22N5Na3O11S3. The van der Waals surface area contributed by atoms with Gasteiger partial charge in [0.1, 0.15) is 37.4 Å². The fourth-order valence-corrected chi connectivity index (χ4v) is 6.63. The number of aromatic hydroxyl groups is 1. The van der Waals surface area contributed by atoms with Crippen LogP contribution in [0.4, 0.5) is 28.4 Å². The molecule has 22 heteroatoms. The molecule has 0 atom stereocenters. The third-order valence-electron chi connectivity index (χ3n) is 6.96. The fourth-order valence-electron chi connectivity index (χ4n) is 4.74. The third kappa shape index (κ3) is 10.5. The second kappa shape index (κ2) is 19.0. The van der Waals surface area contributed by atoms with Crippen molar-refractivity contribution in [1.29, 1.82) is 0 Å². The van der Waals surface area contributed by atoms with E-state index in [2.05, 4.69) is 35.1 Å². The van der Waals surface area contributed by atoms with Crippen molar-refractivity contribution in [2.75, 3.05) is 19.5 Å². The maximum Gasteiger partial charge on any atom is 1.00 e. The number of methoxy groups -OCH3 is 1. The molecule has 0 saturated carbocycles. The van der Waals surface area contributed by atoms with Gasteiger partial charge in [-0.05, 0) is 66.4 Å². The van der Waals surface area contributed by atoms with Gasteiger partial charge in [-0.3, -0.25) is 5.04 Å². The van der Waals surface area contributed by atoms with Crippen LogP contribution in [-0.4, -0.2) is 45.2 Å². The van der Waals surface area contributed by atoms with E-state index in [-0.39, 0.29) is 139 Å². The van der Waals surface area contributed by atoms with Crippen molar-refractivity contribution in [1.82, 2.24) is 0 Å². The monoisotopic (exact) mass is 781 g/mol. The number of aryl methyl sites for hydroxylation is 1. The Morgan fingerprint density at radius 3 is 2.10 bits per heavy atom. The molecule has 0 aliphatic heterocycles. The number of ether oxygens (including phenoxy) is 1. The van der Waals surface area contributed by atoms with E-state index in [0.29, 0.717) is 28.4 Å². The van der Waals surface area contributed by atoms with Crippen molar-refractivity contribution in [2.45, 2.75) is 21.6 Å². The molecule has 0 amide bonds. The van der Waals surface area contributed by atoms with E-state index < -0.39 is 30.0 Å². The first-order valence-corrected chi connectivity index (χ1v) is 16.9. The second-order valence-corrected chi connectivity index (χ2v) is 13.3. The molecule has 5 aromatic rings. The topological polar surface area (TPSA) is 247 Å². The quantitative estimate of drug-likeness (QED) is 0.0338. The van der Waals surface area contributed by atoms with Crippen LogP contribution in [-0.2, 0) is 29.6 Å². The molecule has 0 aromatic heterocycles. The van der Waals surface area contributed by atoms with Crippen molar-refractivity contribution in [2.24, 2.45) is 20.5 Å². The van der Waals surface area contributed by atoms with E-state index in [4.69, 9.17) is 4.74 Å². The Balaban J connectivity index is 0.00000300. The predicted octanol–water partition coefficient (Wildman–Crippen LogP) is -3.06. The molecule has 0 unspecified atom stereocenters. The summed E-state index contributed by atoms with van der Waals surface area (Å²) in [5.74, 6) is -0.105. The summed E-state index contributed by atoms with van der Waals surface area (Å²) in [4.78, 5) is -1.31. The summed E-state index contributed by atoms with van der Waals surface area (Å²) in [5, 5.41) is 45.0. The van der Waals surface area contributed by atoms with E-state index in [1.54, 1.807) is 38.2 Å². The number of anilines is 1. The SMILES string of the molecule is CNc1ccc2c(O)c(N=Nc3cc(C)c(N=Nc4cc(S(=O)(=O)[O-])c5cccc(S(=O)(=O)[O-])c5c4)cc3OC)c(SOO[O-])cc2c1.[Na+].[Na+].[Na+]. The minimum atomic E-state index is -5.12. The molecule has 0 radical (unpaired) electrons. The zero-order chi connectivity index (χ0) is 34.8. The minimum absolute atomic E-state index is 0. The maximum atomic E-state index is 12.0. The average Bonchev–Trinajstić information content (AvgIpc) is 3.04. The summed E-state index contributed by atoms with van der Waals surface area (Å²) in [6.07, 6.45) is 0. The average molecular weight is 782 g/mol. The molecule has 250 valence electrons. The Morgan fingerprint density at radius 2 is 1.47 bits per heavy atom. The zero-order valence-electron chi connectivity index (χ0n) is 27.9. The molecule has 0 bridgehead atoms. The number of rotatable bonds is 11. The van der Waals surface area contributed by atoms with Gasteiger partial charge in [-0.15, -0.1) is 10.2 Å².